The van der Waals surface area contributed by atoms with E-state index in [-0.39, 0.29) is 17.9 Å². The minimum atomic E-state index is -4.67. The van der Waals surface area contributed by atoms with E-state index in [0.29, 0.717) is 70.6 Å². The third-order valence-electron chi connectivity index (χ3n) is 15.6. The Bertz CT molecular complexity index is 2490. The molecule has 2 saturated heterocycles. The number of nitrogens with zero attached hydrogens (tertiary/aromatic N) is 3. The van der Waals surface area contributed by atoms with Crippen LogP contribution in [0.5, 0.6) is 5.75 Å². The summed E-state index contributed by atoms with van der Waals surface area (Å²) in [5, 5.41) is 26.6. The molecule has 1 saturated carbocycles. The summed E-state index contributed by atoms with van der Waals surface area (Å²) < 4.78 is 55.3. The van der Waals surface area contributed by atoms with Crippen LogP contribution in [0.4, 0.5) is 5.69 Å². The topological polar surface area (TPSA) is 229 Å². The fourth-order valence-electron chi connectivity index (χ4n) is 13.4. The molecule has 17 nitrogen and oxygen atoms in total. The first kappa shape index (κ1) is 46.0. The Labute approximate surface area is 373 Å². The van der Waals surface area contributed by atoms with Gasteiger partial charge in [0.2, 0.25) is 5.60 Å². The number of aromatic nitrogens is 1. The normalized spacial score (nSPS) is 35.0. The summed E-state index contributed by atoms with van der Waals surface area (Å²) in [6.45, 7) is 8.60. The molecule has 0 amide bonds. The van der Waals surface area contributed by atoms with Crippen molar-refractivity contribution in [3.63, 3.8) is 0 Å². The molecular formula is C46H60N4O13S. The van der Waals surface area contributed by atoms with Crippen LogP contribution in [0.3, 0.4) is 0 Å². The van der Waals surface area contributed by atoms with Gasteiger partial charge < -0.3 is 39.0 Å². The number of H-pyrrole nitrogens is 1. The van der Waals surface area contributed by atoms with Crippen molar-refractivity contribution in [2.75, 3.05) is 66.0 Å². The first-order chi connectivity index (χ1) is 30.3. The van der Waals surface area contributed by atoms with Crippen LogP contribution >= 0.6 is 0 Å². The molecule has 3 aromatic rings. The highest BCUT2D eigenvalue weighted by atomic mass is 32.3. The largest absolute Gasteiger partial charge is 0.496 e. The molecule has 1 aromatic heterocycles. The van der Waals surface area contributed by atoms with Crippen LogP contribution in [0.15, 0.2) is 48.6 Å². The minimum Gasteiger partial charge on any atom is -0.496 e. The number of esters is 3. The number of rotatable bonds is 7. The van der Waals surface area contributed by atoms with Crippen LogP contribution in [0.25, 0.3) is 10.9 Å². The van der Waals surface area contributed by atoms with Crippen LogP contribution < -0.4 is 9.64 Å². The van der Waals surface area contributed by atoms with Gasteiger partial charge in [-0.15, -0.1) is 0 Å². The van der Waals surface area contributed by atoms with Gasteiger partial charge in [0.15, 0.2) is 6.10 Å². The van der Waals surface area contributed by atoms with Crippen LogP contribution in [0, 0.1) is 11.3 Å². The third kappa shape index (κ3) is 6.93. The summed E-state index contributed by atoms with van der Waals surface area (Å²) in [7, 11) is 1.54. The molecule has 5 aliphatic heterocycles. The van der Waals surface area contributed by atoms with Crippen molar-refractivity contribution in [3.8, 4) is 5.75 Å². The van der Waals surface area contributed by atoms with Gasteiger partial charge in [0.1, 0.15) is 11.7 Å². The van der Waals surface area contributed by atoms with Crippen LogP contribution in [0.1, 0.15) is 80.7 Å². The van der Waals surface area contributed by atoms with Gasteiger partial charge in [-0.2, -0.15) is 8.42 Å². The maximum atomic E-state index is 14.7. The van der Waals surface area contributed by atoms with Crippen molar-refractivity contribution in [1.29, 1.82) is 0 Å². The molecule has 5 N–H and O–H groups in total. The van der Waals surface area contributed by atoms with Gasteiger partial charge in [-0.3, -0.25) is 28.5 Å². The number of aliphatic hydroxyl groups is 2. The van der Waals surface area contributed by atoms with Crippen molar-refractivity contribution < 1.29 is 61.1 Å². The number of carbonyl (C=O) groups is 3. The number of nitrogens with one attached hydrogen (secondary N) is 1. The van der Waals surface area contributed by atoms with E-state index in [1.165, 1.54) is 21.1 Å². The molecule has 9 rings (SSSR count). The Kier molecular flexibility index (Phi) is 11.8. The monoisotopic (exact) mass is 908 g/mol. The van der Waals surface area contributed by atoms with Gasteiger partial charge in [0, 0.05) is 91.3 Å². The van der Waals surface area contributed by atoms with E-state index in [9.17, 15) is 24.6 Å². The highest BCUT2D eigenvalue weighted by Gasteiger charge is 2.80. The van der Waals surface area contributed by atoms with E-state index < -0.39 is 68.4 Å². The van der Waals surface area contributed by atoms with E-state index in [1.807, 2.05) is 50.1 Å². The Morgan fingerprint density at radius 3 is 2.34 bits per heavy atom. The molecule has 1 spiro atoms. The molecular weight excluding hydrogens is 849 g/mol. The summed E-state index contributed by atoms with van der Waals surface area (Å²) in [5.41, 5.74) is 0.247. The predicted octanol–water partition coefficient (Wildman–Crippen LogP) is 3.53. The highest BCUT2D eigenvalue weighted by molar-refractivity contribution is 7.79. The molecule has 18 heteroatoms. The number of likely N-dealkylation sites (N-methyl/N-ethyl adjacent to an activating group) is 1. The number of anilines is 1. The molecule has 4 unspecified atom stereocenters. The number of hydrogen-bond acceptors (Lipinski definition) is 14. The van der Waals surface area contributed by atoms with Crippen LogP contribution in [0.2, 0.25) is 0 Å². The molecule has 11 atom stereocenters. The number of aromatic amines is 1. The van der Waals surface area contributed by atoms with Gasteiger partial charge >= 0.3 is 28.3 Å². The number of piperidine rings is 1. The van der Waals surface area contributed by atoms with Gasteiger partial charge in [-0.1, -0.05) is 44.2 Å². The number of fused-ring (bicyclic) bond motifs is 6. The van der Waals surface area contributed by atoms with Gasteiger partial charge in [0.05, 0.1) is 33.0 Å². The minimum absolute atomic E-state index is 0.200. The number of hydrogen-bond donors (Lipinski definition) is 5. The summed E-state index contributed by atoms with van der Waals surface area (Å²) in [6, 6.07) is 11.2. The quantitative estimate of drug-likeness (QED) is 0.0989. The number of ether oxygens (including phenoxy) is 4. The third-order valence-corrected chi connectivity index (χ3v) is 15.6. The SMILES string of the molecule is CC[C@]1(O)C[C@@H]2CN(CCc3c([nH]c4ccccc34)[C@H](C(=O)OC)C2c2cc3c(cc2OC)N(C)C2[C@]34CCN3CC=C[C@](CC)(C34)[C@@H](OC(C)=O)[C@]2(O)C(=O)OC)C1.O=S(=O)(O)O. The Balaban J connectivity index is 0.00000106. The maximum Gasteiger partial charge on any atom is 0.394 e. The van der Waals surface area contributed by atoms with Gasteiger partial charge in [-0.05, 0) is 73.4 Å². The van der Waals surface area contributed by atoms with Crippen molar-refractivity contribution in [2.45, 2.75) is 99.5 Å². The first-order valence-corrected chi connectivity index (χ1v) is 23.3. The standard InChI is InChI=1S/C46H58N4O9.H2O4S/c1-8-43(54)23-27-24-49(25-43)19-15-29-28-13-10-11-14-32(28)47-37(29)36(38(52)57-6)35(27)30-21-31-33(22-34(30)56-5)48(4)40-45(31)17-20-50-18-12-16-44(9-2,39(45)50)41(59-26(3)51)46(40,55)42(53)58-7;1-5(2,3)4/h10-14,16,21-22,27,35-36,39-41,47,54-55H,8-9,15,17-20,23-25H2,1-7H3;(H2,1,2,3,4)/t27-,35?,36-,39?,40?,41-,43+,44-,45-,46+;/m1./s1. The summed E-state index contributed by atoms with van der Waals surface area (Å²) in [6.07, 6.45) is 5.66. The average Bonchev–Trinajstić information content (AvgIpc) is 3.91. The average molecular weight is 909 g/mol. The van der Waals surface area contributed by atoms with E-state index in [4.69, 9.17) is 36.5 Å². The summed E-state index contributed by atoms with van der Waals surface area (Å²) in [4.78, 5) is 52.5. The number of benzene rings is 2. The predicted molar refractivity (Wildman–Crippen MR) is 235 cm³/mol. The van der Waals surface area contributed by atoms with Crippen molar-refractivity contribution >= 4 is 44.9 Å². The van der Waals surface area contributed by atoms with Crippen molar-refractivity contribution in [2.24, 2.45) is 11.3 Å². The lowest BCUT2D eigenvalue weighted by Crippen LogP contribution is -2.81. The Morgan fingerprint density at radius 1 is 0.984 bits per heavy atom. The van der Waals surface area contributed by atoms with Crippen molar-refractivity contribution in [1.82, 2.24) is 14.8 Å². The molecule has 1 aliphatic carbocycles. The van der Waals surface area contributed by atoms with Gasteiger partial charge in [-0.25, -0.2) is 4.79 Å². The highest BCUT2D eigenvalue weighted by Crippen LogP contribution is 2.68. The van der Waals surface area contributed by atoms with Crippen molar-refractivity contribution in [3.05, 3.63) is 70.9 Å². The lowest BCUT2D eigenvalue weighted by molar-refractivity contribution is -0.228. The van der Waals surface area contributed by atoms with E-state index in [1.54, 1.807) is 7.11 Å². The molecule has 348 valence electrons. The lowest BCUT2D eigenvalue weighted by Gasteiger charge is -2.63. The molecule has 6 aliphatic rings. The number of para-hydroxylation sites is 1. The molecule has 64 heavy (non-hydrogen) atoms. The Hall–Kier alpha value is -4.56. The van der Waals surface area contributed by atoms with Crippen LogP contribution in [-0.2, 0) is 50.8 Å². The Morgan fingerprint density at radius 2 is 1.70 bits per heavy atom. The first-order valence-electron chi connectivity index (χ1n) is 21.9. The summed E-state index contributed by atoms with van der Waals surface area (Å²) in [5.74, 6) is -2.80. The maximum absolute atomic E-state index is 14.7. The second-order valence-electron chi connectivity index (χ2n) is 18.6. The zero-order valence-corrected chi connectivity index (χ0v) is 38.2. The molecule has 6 heterocycles. The number of methoxy groups -OCH3 is 3. The van der Waals surface area contributed by atoms with E-state index >= 15 is 0 Å². The smallest absolute Gasteiger partial charge is 0.394 e. The fraction of sp³-hybridized carbons (Fsp3) is 0.587. The number of carbonyl (C=O) groups excluding carboxylic acids is 3. The van der Waals surface area contributed by atoms with Gasteiger partial charge in [0.25, 0.3) is 0 Å². The van der Waals surface area contributed by atoms with E-state index in [0.717, 1.165) is 39.0 Å². The van der Waals surface area contributed by atoms with Crippen LogP contribution in [-0.4, -0.2) is 151 Å². The van der Waals surface area contributed by atoms with E-state index in [2.05, 4.69) is 39.1 Å². The molecule has 2 aromatic carbocycles. The lowest BCUT2D eigenvalue weighted by atomic mass is 9.47. The molecule has 0 radical (unpaired) electrons. The summed E-state index contributed by atoms with van der Waals surface area (Å²) >= 11 is 0. The molecule has 2 bridgehead atoms. The second kappa shape index (κ2) is 16.4. The fourth-order valence-corrected chi connectivity index (χ4v) is 13.4. The second-order valence-corrected chi connectivity index (χ2v) is 19.4. The molecule has 3 fully saturated rings. The zero-order chi connectivity index (χ0) is 46.3. The zero-order valence-electron chi connectivity index (χ0n) is 37.4.